The van der Waals surface area contributed by atoms with Gasteiger partial charge in [-0.05, 0) is 6.92 Å². The Bertz CT molecular complexity index is 420. The number of amides is 1. The summed E-state index contributed by atoms with van der Waals surface area (Å²) >= 11 is 0. The summed E-state index contributed by atoms with van der Waals surface area (Å²) in [6.07, 6.45) is -0.446. The van der Waals surface area contributed by atoms with Gasteiger partial charge in [0.25, 0.3) is 0 Å². The number of carboxylic acid groups (broad SMARTS) is 2. The fourth-order valence-corrected chi connectivity index (χ4v) is 2.24. The topological polar surface area (TPSA) is 93.1 Å². The lowest BCUT2D eigenvalue weighted by Gasteiger charge is -2.31. The van der Waals surface area contributed by atoms with Crippen LogP contribution in [0.1, 0.15) is 13.3 Å². The first kappa shape index (κ1) is 11.6. The van der Waals surface area contributed by atoms with E-state index in [-0.39, 0.29) is 6.54 Å². The van der Waals surface area contributed by atoms with Crippen LogP contribution in [0.5, 0.6) is 0 Å². The van der Waals surface area contributed by atoms with Crippen LogP contribution in [0.25, 0.3) is 0 Å². The van der Waals surface area contributed by atoms with E-state index in [9.17, 15) is 14.7 Å². The molecule has 7 nitrogen and oxygen atoms in total. The lowest BCUT2D eigenvalue weighted by atomic mass is 10.1. The molecule has 0 aliphatic carbocycles. The van der Waals surface area contributed by atoms with E-state index in [1.165, 1.54) is 4.90 Å². The van der Waals surface area contributed by atoms with Gasteiger partial charge in [-0.15, -0.1) is 0 Å². The second kappa shape index (κ2) is 3.54. The molecule has 0 radical (unpaired) electrons. The molecule has 2 heterocycles. The Morgan fingerprint density at radius 1 is 1.41 bits per heavy atom. The third-order valence-corrected chi connectivity index (χ3v) is 3.47. The summed E-state index contributed by atoms with van der Waals surface area (Å²) in [5.74, 6) is -0.976. The SMILES string of the molecule is CN1C2=C(CN(C(=O)O)CC2)NC1(C)C(=O)O. The highest BCUT2D eigenvalue weighted by Crippen LogP contribution is 2.32. The molecule has 7 heteroatoms. The number of carboxylic acids is 1. The van der Waals surface area contributed by atoms with Crippen LogP contribution in [0.15, 0.2) is 11.4 Å². The van der Waals surface area contributed by atoms with Gasteiger partial charge < -0.3 is 25.3 Å². The fraction of sp³-hybridized carbons (Fsp3) is 0.600. The van der Waals surface area contributed by atoms with Crippen molar-refractivity contribution in [3.8, 4) is 0 Å². The molecule has 1 atom stereocenters. The largest absolute Gasteiger partial charge is 0.478 e. The van der Waals surface area contributed by atoms with Gasteiger partial charge >= 0.3 is 12.1 Å². The molecule has 94 valence electrons. The van der Waals surface area contributed by atoms with Crippen molar-refractivity contribution in [1.29, 1.82) is 0 Å². The van der Waals surface area contributed by atoms with Crippen molar-refractivity contribution < 1.29 is 19.8 Å². The Morgan fingerprint density at radius 2 is 2.06 bits per heavy atom. The zero-order valence-corrected chi connectivity index (χ0v) is 9.73. The Balaban J connectivity index is 2.24. The second-order valence-electron chi connectivity index (χ2n) is 4.44. The highest BCUT2D eigenvalue weighted by atomic mass is 16.4. The van der Waals surface area contributed by atoms with Crippen molar-refractivity contribution in [3.63, 3.8) is 0 Å². The van der Waals surface area contributed by atoms with Crippen LogP contribution >= 0.6 is 0 Å². The monoisotopic (exact) mass is 241 g/mol. The number of nitrogens with one attached hydrogen (secondary N) is 1. The third kappa shape index (κ3) is 1.58. The van der Waals surface area contributed by atoms with Gasteiger partial charge in [0.05, 0.1) is 12.2 Å². The van der Waals surface area contributed by atoms with E-state index in [0.29, 0.717) is 18.7 Å². The van der Waals surface area contributed by atoms with Crippen LogP contribution in [-0.2, 0) is 4.79 Å². The summed E-state index contributed by atoms with van der Waals surface area (Å²) in [7, 11) is 1.71. The zero-order valence-electron chi connectivity index (χ0n) is 9.73. The lowest BCUT2D eigenvalue weighted by molar-refractivity contribution is -0.149. The Kier molecular flexibility index (Phi) is 2.41. The van der Waals surface area contributed by atoms with E-state index in [1.54, 1.807) is 18.9 Å². The van der Waals surface area contributed by atoms with Crippen molar-refractivity contribution in [2.75, 3.05) is 20.1 Å². The first-order valence-corrected chi connectivity index (χ1v) is 5.31. The molecule has 0 aromatic carbocycles. The van der Waals surface area contributed by atoms with E-state index in [2.05, 4.69) is 5.32 Å². The minimum absolute atomic E-state index is 0.220. The lowest BCUT2D eigenvalue weighted by Crippen LogP contribution is -2.55. The minimum Gasteiger partial charge on any atom is -0.478 e. The predicted octanol–water partition coefficient (Wildman–Crippen LogP) is -0.0825. The van der Waals surface area contributed by atoms with Gasteiger partial charge in [0.1, 0.15) is 0 Å². The van der Waals surface area contributed by atoms with Crippen LogP contribution in [0.4, 0.5) is 4.79 Å². The van der Waals surface area contributed by atoms with E-state index < -0.39 is 17.7 Å². The van der Waals surface area contributed by atoms with Crippen molar-refractivity contribution in [1.82, 2.24) is 15.1 Å². The number of hydrogen-bond acceptors (Lipinski definition) is 4. The number of rotatable bonds is 1. The van der Waals surface area contributed by atoms with Crippen LogP contribution in [-0.4, -0.2) is 57.9 Å². The predicted molar refractivity (Wildman–Crippen MR) is 58.2 cm³/mol. The molecular weight excluding hydrogens is 226 g/mol. The van der Waals surface area contributed by atoms with Crippen LogP contribution in [0, 0.1) is 0 Å². The molecule has 1 amide bonds. The fourth-order valence-electron chi connectivity index (χ4n) is 2.24. The standard InChI is InChI=1S/C10H15N3O4/c1-10(8(14)15)11-6-5-13(9(16)17)4-3-7(6)12(10)2/h11H,3-5H2,1-2H3,(H,14,15)(H,16,17). The van der Waals surface area contributed by atoms with E-state index in [0.717, 1.165) is 5.70 Å². The second-order valence-corrected chi connectivity index (χ2v) is 4.44. The molecule has 3 N–H and O–H groups in total. The van der Waals surface area contributed by atoms with Crippen LogP contribution in [0.2, 0.25) is 0 Å². The summed E-state index contributed by atoms with van der Waals surface area (Å²) in [4.78, 5) is 25.0. The molecule has 0 saturated carbocycles. The average molecular weight is 241 g/mol. The minimum atomic E-state index is -1.18. The van der Waals surface area contributed by atoms with Crippen LogP contribution < -0.4 is 5.32 Å². The van der Waals surface area contributed by atoms with E-state index in [1.807, 2.05) is 0 Å². The summed E-state index contributed by atoms with van der Waals surface area (Å²) in [5, 5.41) is 21.0. The van der Waals surface area contributed by atoms with Gasteiger partial charge in [0, 0.05) is 25.7 Å². The molecule has 0 aromatic heterocycles. The highest BCUT2D eigenvalue weighted by Gasteiger charge is 2.46. The molecule has 0 aromatic rings. The first-order valence-electron chi connectivity index (χ1n) is 5.31. The van der Waals surface area contributed by atoms with Crippen molar-refractivity contribution in [2.24, 2.45) is 0 Å². The quantitative estimate of drug-likeness (QED) is 0.594. The molecule has 2 rings (SSSR count). The maximum atomic E-state index is 11.2. The smallest absolute Gasteiger partial charge is 0.407 e. The van der Waals surface area contributed by atoms with E-state index in [4.69, 9.17) is 5.11 Å². The Labute approximate surface area is 98.3 Å². The molecule has 0 bridgehead atoms. The highest BCUT2D eigenvalue weighted by molar-refractivity contribution is 5.79. The van der Waals surface area contributed by atoms with Crippen LogP contribution in [0.3, 0.4) is 0 Å². The third-order valence-electron chi connectivity index (χ3n) is 3.47. The van der Waals surface area contributed by atoms with Gasteiger partial charge in [-0.1, -0.05) is 0 Å². The Morgan fingerprint density at radius 3 is 2.59 bits per heavy atom. The summed E-state index contributed by atoms with van der Waals surface area (Å²) < 4.78 is 0. The van der Waals surface area contributed by atoms with Crippen molar-refractivity contribution >= 4 is 12.1 Å². The molecule has 2 aliphatic rings. The molecule has 0 saturated heterocycles. The zero-order chi connectivity index (χ0) is 12.8. The molecule has 0 fully saturated rings. The normalized spacial score (nSPS) is 27.9. The number of hydrogen-bond donors (Lipinski definition) is 3. The molecule has 0 spiro atoms. The molecule has 2 aliphatic heterocycles. The average Bonchev–Trinajstić information content (AvgIpc) is 2.52. The maximum Gasteiger partial charge on any atom is 0.407 e. The first-order chi connectivity index (χ1) is 7.86. The van der Waals surface area contributed by atoms with Gasteiger partial charge in [-0.25, -0.2) is 9.59 Å². The number of aliphatic carboxylic acids is 1. The van der Waals surface area contributed by atoms with Gasteiger partial charge in [-0.3, -0.25) is 0 Å². The van der Waals surface area contributed by atoms with Crippen molar-refractivity contribution in [2.45, 2.75) is 19.0 Å². The molecule has 17 heavy (non-hydrogen) atoms. The van der Waals surface area contributed by atoms with Gasteiger partial charge in [-0.2, -0.15) is 0 Å². The molecular formula is C10H15N3O4. The summed E-state index contributed by atoms with van der Waals surface area (Å²) in [6, 6.07) is 0. The number of likely N-dealkylation sites (N-methyl/N-ethyl adjacent to an activating group) is 1. The number of carbonyl (C=O) groups is 2. The van der Waals surface area contributed by atoms with Gasteiger partial charge in [0.2, 0.25) is 5.66 Å². The van der Waals surface area contributed by atoms with E-state index >= 15 is 0 Å². The van der Waals surface area contributed by atoms with Crippen molar-refractivity contribution in [3.05, 3.63) is 11.4 Å². The number of nitrogens with zero attached hydrogens (tertiary/aromatic N) is 2. The summed E-state index contributed by atoms with van der Waals surface area (Å²) in [5.41, 5.74) is 0.387. The maximum absolute atomic E-state index is 11.2. The Hall–Kier alpha value is -1.92. The van der Waals surface area contributed by atoms with Gasteiger partial charge in [0.15, 0.2) is 0 Å². The summed E-state index contributed by atoms with van der Waals surface area (Å²) in [6.45, 7) is 2.19. The molecule has 1 unspecified atom stereocenters.